The van der Waals surface area contributed by atoms with Crippen molar-refractivity contribution in [2.24, 2.45) is 0 Å². The van der Waals surface area contributed by atoms with Gasteiger partial charge in [0.15, 0.2) is 0 Å². The van der Waals surface area contributed by atoms with Crippen LogP contribution in [0.4, 0.5) is 0 Å². The van der Waals surface area contributed by atoms with Gasteiger partial charge in [-0.3, -0.25) is 4.79 Å². The fourth-order valence-corrected chi connectivity index (χ4v) is 2.30. The molecule has 1 aromatic rings. The van der Waals surface area contributed by atoms with E-state index in [9.17, 15) is 4.79 Å². The number of hydrogen-bond acceptors (Lipinski definition) is 2. The lowest BCUT2D eigenvalue weighted by atomic mass is 10.00. The van der Waals surface area contributed by atoms with E-state index in [1.54, 1.807) is 18.3 Å². The second-order valence-corrected chi connectivity index (χ2v) is 4.85. The van der Waals surface area contributed by atoms with Gasteiger partial charge in [0.1, 0.15) is 0 Å². The van der Waals surface area contributed by atoms with E-state index >= 15 is 0 Å². The fourth-order valence-electron chi connectivity index (χ4n) is 1.37. The second kappa shape index (κ2) is 3.92. The van der Waals surface area contributed by atoms with Gasteiger partial charge in [-0.1, -0.05) is 6.07 Å². The first-order valence-electron chi connectivity index (χ1n) is 4.31. The molecule has 2 nitrogen and oxygen atoms in total. The van der Waals surface area contributed by atoms with E-state index in [1.165, 1.54) is 4.88 Å². The molecule has 3 heteroatoms. The third-order valence-electron chi connectivity index (χ3n) is 1.71. The highest BCUT2D eigenvalue weighted by Gasteiger charge is 2.19. The van der Waals surface area contributed by atoms with Gasteiger partial charge in [0.25, 0.3) is 0 Å². The summed E-state index contributed by atoms with van der Waals surface area (Å²) in [6.45, 7) is 5.62. The molecule has 0 spiro atoms. The largest absolute Gasteiger partial charge is 0.351 e. The van der Waals surface area contributed by atoms with Crippen molar-refractivity contribution in [2.45, 2.75) is 32.7 Å². The summed E-state index contributed by atoms with van der Waals surface area (Å²) in [5, 5.41) is 4.98. The number of rotatable bonds is 3. The van der Waals surface area contributed by atoms with Crippen molar-refractivity contribution in [3.63, 3.8) is 0 Å². The lowest BCUT2D eigenvalue weighted by molar-refractivity contribution is -0.120. The van der Waals surface area contributed by atoms with Crippen molar-refractivity contribution < 1.29 is 4.79 Å². The van der Waals surface area contributed by atoms with Crippen molar-refractivity contribution in [3.05, 3.63) is 22.4 Å². The van der Waals surface area contributed by atoms with Gasteiger partial charge in [0.05, 0.1) is 0 Å². The molecule has 0 radical (unpaired) electrons. The van der Waals surface area contributed by atoms with Gasteiger partial charge >= 0.3 is 0 Å². The lowest BCUT2D eigenvalue weighted by Crippen LogP contribution is -2.43. The molecule has 0 bridgehead atoms. The van der Waals surface area contributed by atoms with Crippen molar-refractivity contribution in [1.29, 1.82) is 0 Å². The van der Waals surface area contributed by atoms with E-state index in [2.05, 4.69) is 16.8 Å². The smallest absolute Gasteiger partial charge is 0.217 e. The van der Waals surface area contributed by atoms with E-state index in [0.29, 0.717) is 0 Å². The Hall–Kier alpha value is -0.830. The molecule has 0 aliphatic heterocycles. The van der Waals surface area contributed by atoms with Crippen LogP contribution in [0.5, 0.6) is 0 Å². The topological polar surface area (TPSA) is 29.1 Å². The van der Waals surface area contributed by atoms with Crippen molar-refractivity contribution in [1.82, 2.24) is 5.32 Å². The average Bonchev–Trinajstić information content (AvgIpc) is 2.34. The molecule has 72 valence electrons. The van der Waals surface area contributed by atoms with E-state index < -0.39 is 0 Å². The average molecular weight is 197 g/mol. The maximum absolute atomic E-state index is 10.9. The predicted molar refractivity (Wildman–Crippen MR) is 55.9 cm³/mol. The van der Waals surface area contributed by atoms with Crippen LogP contribution in [-0.4, -0.2) is 11.4 Å². The molecular weight excluding hydrogens is 182 g/mol. The minimum Gasteiger partial charge on any atom is -0.351 e. The maximum Gasteiger partial charge on any atom is 0.217 e. The van der Waals surface area contributed by atoms with Crippen LogP contribution < -0.4 is 5.32 Å². The minimum atomic E-state index is -0.142. The summed E-state index contributed by atoms with van der Waals surface area (Å²) in [7, 11) is 0. The van der Waals surface area contributed by atoms with Crippen LogP contribution in [0.25, 0.3) is 0 Å². The molecule has 0 saturated carbocycles. The Bertz CT molecular complexity index is 277. The molecule has 0 atom stereocenters. The van der Waals surface area contributed by atoms with Gasteiger partial charge in [0, 0.05) is 23.8 Å². The van der Waals surface area contributed by atoms with Crippen LogP contribution in [0.15, 0.2) is 17.5 Å². The van der Waals surface area contributed by atoms with Gasteiger partial charge in [-0.25, -0.2) is 0 Å². The lowest BCUT2D eigenvalue weighted by Gasteiger charge is -2.24. The van der Waals surface area contributed by atoms with Crippen molar-refractivity contribution >= 4 is 17.2 Å². The Morgan fingerprint density at radius 1 is 1.62 bits per heavy atom. The molecule has 1 N–H and O–H groups in total. The molecular formula is C10H15NOS. The van der Waals surface area contributed by atoms with Gasteiger partial charge in [-0.05, 0) is 25.3 Å². The maximum atomic E-state index is 10.9. The molecule has 0 unspecified atom stereocenters. The zero-order valence-corrected chi connectivity index (χ0v) is 9.07. The molecule has 0 aromatic carbocycles. The molecule has 0 aliphatic carbocycles. The van der Waals surface area contributed by atoms with Gasteiger partial charge in [-0.2, -0.15) is 0 Å². The Balaban J connectivity index is 2.56. The quantitative estimate of drug-likeness (QED) is 0.791. The molecule has 1 rings (SSSR count). The van der Waals surface area contributed by atoms with Crippen LogP contribution in [0, 0.1) is 0 Å². The highest BCUT2D eigenvalue weighted by atomic mass is 32.1. The SMILES string of the molecule is CC(=O)NC(C)(C)Cc1cccs1. The monoisotopic (exact) mass is 197 g/mol. The first-order chi connectivity index (χ1) is 5.99. The van der Waals surface area contributed by atoms with Gasteiger partial charge in [0.2, 0.25) is 5.91 Å². The van der Waals surface area contributed by atoms with Crippen molar-refractivity contribution in [3.8, 4) is 0 Å². The Morgan fingerprint density at radius 2 is 2.31 bits per heavy atom. The highest BCUT2D eigenvalue weighted by Crippen LogP contribution is 2.16. The Kier molecular flexibility index (Phi) is 3.09. The zero-order valence-electron chi connectivity index (χ0n) is 8.26. The van der Waals surface area contributed by atoms with Crippen LogP contribution in [0.2, 0.25) is 0 Å². The fraction of sp³-hybridized carbons (Fsp3) is 0.500. The normalized spacial score (nSPS) is 11.3. The molecule has 1 aromatic heterocycles. The summed E-state index contributed by atoms with van der Waals surface area (Å²) < 4.78 is 0. The van der Waals surface area contributed by atoms with E-state index in [-0.39, 0.29) is 11.4 Å². The number of carbonyl (C=O) groups excluding carboxylic acids is 1. The molecule has 13 heavy (non-hydrogen) atoms. The van der Waals surface area contributed by atoms with Crippen LogP contribution in [-0.2, 0) is 11.2 Å². The summed E-state index contributed by atoms with van der Waals surface area (Å²) >= 11 is 1.73. The number of hydrogen-bond donors (Lipinski definition) is 1. The van der Waals surface area contributed by atoms with Crippen LogP contribution in [0.3, 0.4) is 0 Å². The van der Waals surface area contributed by atoms with E-state index in [1.807, 2.05) is 19.9 Å². The van der Waals surface area contributed by atoms with Crippen LogP contribution in [0.1, 0.15) is 25.6 Å². The predicted octanol–water partition coefficient (Wildman–Crippen LogP) is 2.21. The standard InChI is InChI=1S/C10H15NOS/c1-8(12)11-10(2,3)7-9-5-4-6-13-9/h4-6H,7H2,1-3H3,(H,11,12). The first kappa shape index (κ1) is 10.3. The zero-order chi connectivity index (χ0) is 9.90. The summed E-state index contributed by atoms with van der Waals surface area (Å²) in [4.78, 5) is 12.2. The van der Waals surface area contributed by atoms with Crippen LogP contribution >= 0.6 is 11.3 Å². The van der Waals surface area contributed by atoms with E-state index in [0.717, 1.165) is 6.42 Å². The minimum absolute atomic E-state index is 0.0292. The van der Waals surface area contributed by atoms with Gasteiger partial charge < -0.3 is 5.32 Å². The molecule has 1 heterocycles. The summed E-state index contributed by atoms with van der Waals surface area (Å²) in [6.07, 6.45) is 0.893. The first-order valence-corrected chi connectivity index (χ1v) is 5.19. The van der Waals surface area contributed by atoms with Gasteiger partial charge in [-0.15, -0.1) is 11.3 Å². The third kappa shape index (κ3) is 3.59. The summed E-state index contributed by atoms with van der Waals surface area (Å²) in [5.74, 6) is 0.0292. The molecule has 0 saturated heterocycles. The molecule has 0 fully saturated rings. The molecule has 1 amide bonds. The summed E-state index contributed by atoms with van der Waals surface area (Å²) in [5.41, 5.74) is -0.142. The Morgan fingerprint density at radius 3 is 2.77 bits per heavy atom. The number of thiophene rings is 1. The number of nitrogens with one attached hydrogen (secondary N) is 1. The number of amides is 1. The molecule has 0 aliphatic rings. The third-order valence-corrected chi connectivity index (χ3v) is 2.59. The highest BCUT2D eigenvalue weighted by molar-refractivity contribution is 7.09. The number of carbonyl (C=O) groups is 1. The second-order valence-electron chi connectivity index (χ2n) is 3.82. The van der Waals surface area contributed by atoms with E-state index in [4.69, 9.17) is 0 Å². The summed E-state index contributed by atoms with van der Waals surface area (Å²) in [6, 6.07) is 4.12. The van der Waals surface area contributed by atoms with Crippen molar-refractivity contribution in [2.75, 3.05) is 0 Å². The Labute approximate surface area is 83.0 Å².